The van der Waals surface area contributed by atoms with Gasteiger partial charge in [0.2, 0.25) is 6.79 Å². The van der Waals surface area contributed by atoms with Crippen molar-refractivity contribution in [1.29, 1.82) is 0 Å². The van der Waals surface area contributed by atoms with Gasteiger partial charge in [0.05, 0.1) is 17.7 Å². The molecule has 1 atom stereocenters. The maximum Gasteiger partial charge on any atom is 0.231 e. The van der Waals surface area contributed by atoms with Crippen molar-refractivity contribution >= 4 is 33.2 Å². The number of hydrogen-bond acceptors (Lipinski definition) is 4. The maximum absolute atomic E-state index is 9.64. The molecule has 1 heterocycles. The van der Waals surface area contributed by atoms with Crippen LogP contribution in [0.3, 0.4) is 0 Å². The molecule has 0 amide bonds. The number of hydrogen-bond donors (Lipinski definition) is 2. The summed E-state index contributed by atoms with van der Waals surface area (Å²) in [6.45, 7) is 0.194. The molecule has 21 heavy (non-hydrogen) atoms. The molecule has 2 N–H and O–H groups in total. The minimum Gasteiger partial charge on any atom is -0.454 e. The molecular formula is C15H13BrClNO3. The summed E-state index contributed by atoms with van der Waals surface area (Å²) in [4.78, 5) is 0. The Bertz CT molecular complexity index is 665. The number of fused-ring (bicyclic) bond motifs is 1. The molecule has 0 radical (unpaired) electrons. The summed E-state index contributed by atoms with van der Waals surface area (Å²) in [6.07, 6.45) is 0. The zero-order valence-electron chi connectivity index (χ0n) is 11.0. The molecule has 0 fully saturated rings. The van der Waals surface area contributed by atoms with Crippen molar-refractivity contribution < 1.29 is 14.6 Å². The van der Waals surface area contributed by atoms with Gasteiger partial charge in [-0.2, -0.15) is 0 Å². The van der Waals surface area contributed by atoms with E-state index in [1.54, 1.807) is 6.07 Å². The molecule has 2 aromatic rings. The molecule has 6 heteroatoms. The van der Waals surface area contributed by atoms with Crippen LogP contribution in [0.5, 0.6) is 11.5 Å². The fourth-order valence-corrected chi connectivity index (χ4v) is 2.65. The third kappa shape index (κ3) is 3.10. The molecule has 0 saturated carbocycles. The SMILES string of the molecule is OCC(Nc1ccc(Cl)c(Br)c1)c1ccc2c(c1)OCO2. The minimum atomic E-state index is -0.243. The predicted octanol–water partition coefficient (Wildman–Crippen LogP) is 3.98. The molecule has 4 nitrogen and oxygen atoms in total. The van der Waals surface area contributed by atoms with Gasteiger partial charge < -0.3 is 19.9 Å². The van der Waals surface area contributed by atoms with Crippen LogP contribution in [0, 0.1) is 0 Å². The number of benzene rings is 2. The summed E-state index contributed by atoms with van der Waals surface area (Å²) in [5, 5.41) is 13.6. The summed E-state index contributed by atoms with van der Waals surface area (Å²) in [5.41, 5.74) is 1.79. The molecule has 0 aliphatic carbocycles. The standard InChI is InChI=1S/C15H13BrClNO3/c16-11-6-10(2-3-12(11)17)18-13(7-19)9-1-4-14-15(5-9)21-8-20-14/h1-6,13,18-19H,7-8H2. The van der Waals surface area contributed by atoms with Crippen LogP contribution in [0.15, 0.2) is 40.9 Å². The Balaban J connectivity index is 1.83. The highest BCUT2D eigenvalue weighted by atomic mass is 79.9. The number of halogens is 2. The minimum absolute atomic E-state index is 0.0418. The van der Waals surface area contributed by atoms with E-state index in [0.29, 0.717) is 10.8 Å². The zero-order chi connectivity index (χ0) is 14.8. The quantitative estimate of drug-likeness (QED) is 0.855. The fourth-order valence-electron chi connectivity index (χ4n) is 2.15. The van der Waals surface area contributed by atoms with Crippen molar-refractivity contribution in [2.45, 2.75) is 6.04 Å². The van der Waals surface area contributed by atoms with Crippen molar-refractivity contribution in [3.05, 3.63) is 51.5 Å². The van der Waals surface area contributed by atoms with Crippen molar-refractivity contribution in [3.8, 4) is 11.5 Å². The number of ether oxygens (including phenoxy) is 2. The van der Waals surface area contributed by atoms with Crippen LogP contribution in [-0.4, -0.2) is 18.5 Å². The lowest BCUT2D eigenvalue weighted by Crippen LogP contribution is -2.14. The Morgan fingerprint density at radius 1 is 1.19 bits per heavy atom. The zero-order valence-corrected chi connectivity index (χ0v) is 13.3. The second-order valence-corrected chi connectivity index (χ2v) is 5.88. The predicted molar refractivity (Wildman–Crippen MR) is 85.2 cm³/mol. The normalized spacial score (nSPS) is 14.0. The van der Waals surface area contributed by atoms with Crippen molar-refractivity contribution in [2.75, 3.05) is 18.7 Å². The average molecular weight is 371 g/mol. The summed E-state index contributed by atoms with van der Waals surface area (Å²) < 4.78 is 11.5. The number of aliphatic hydroxyl groups excluding tert-OH is 1. The molecule has 0 aromatic heterocycles. The van der Waals surface area contributed by atoms with Crippen molar-refractivity contribution in [3.63, 3.8) is 0 Å². The van der Waals surface area contributed by atoms with Gasteiger partial charge in [0.15, 0.2) is 11.5 Å². The van der Waals surface area contributed by atoms with Gasteiger partial charge in [0.25, 0.3) is 0 Å². The number of rotatable bonds is 4. The summed E-state index contributed by atoms with van der Waals surface area (Å²) in [5.74, 6) is 1.43. The largest absolute Gasteiger partial charge is 0.454 e. The number of aliphatic hydroxyl groups is 1. The highest BCUT2D eigenvalue weighted by Crippen LogP contribution is 2.35. The van der Waals surface area contributed by atoms with Gasteiger partial charge in [-0.05, 0) is 51.8 Å². The maximum atomic E-state index is 9.64. The van der Waals surface area contributed by atoms with E-state index in [2.05, 4.69) is 21.2 Å². The van der Waals surface area contributed by atoms with Gasteiger partial charge in [-0.3, -0.25) is 0 Å². The van der Waals surface area contributed by atoms with Crippen LogP contribution in [-0.2, 0) is 0 Å². The van der Waals surface area contributed by atoms with Gasteiger partial charge >= 0.3 is 0 Å². The lowest BCUT2D eigenvalue weighted by Gasteiger charge is -2.18. The summed E-state index contributed by atoms with van der Waals surface area (Å²) in [7, 11) is 0. The first-order valence-corrected chi connectivity index (χ1v) is 7.56. The molecular weight excluding hydrogens is 358 g/mol. The first kappa shape index (κ1) is 14.5. The lowest BCUT2D eigenvalue weighted by atomic mass is 10.1. The molecule has 1 aliphatic heterocycles. The van der Waals surface area contributed by atoms with E-state index in [1.165, 1.54) is 0 Å². The van der Waals surface area contributed by atoms with Crippen LogP contribution in [0.1, 0.15) is 11.6 Å². The van der Waals surface area contributed by atoms with E-state index >= 15 is 0 Å². The summed E-state index contributed by atoms with van der Waals surface area (Å²) in [6, 6.07) is 10.9. The monoisotopic (exact) mass is 369 g/mol. The lowest BCUT2D eigenvalue weighted by molar-refractivity contribution is 0.174. The molecule has 110 valence electrons. The van der Waals surface area contributed by atoms with Gasteiger partial charge in [-0.1, -0.05) is 17.7 Å². The van der Waals surface area contributed by atoms with Gasteiger partial charge in [-0.15, -0.1) is 0 Å². The van der Waals surface area contributed by atoms with Crippen LogP contribution < -0.4 is 14.8 Å². The topological polar surface area (TPSA) is 50.7 Å². The van der Waals surface area contributed by atoms with Crippen LogP contribution in [0.4, 0.5) is 5.69 Å². The van der Waals surface area contributed by atoms with E-state index < -0.39 is 0 Å². The Hall–Kier alpha value is -1.43. The molecule has 0 spiro atoms. The molecule has 3 rings (SSSR count). The summed E-state index contributed by atoms with van der Waals surface area (Å²) >= 11 is 9.36. The second kappa shape index (κ2) is 6.13. The highest BCUT2D eigenvalue weighted by Gasteiger charge is 2.17. The van der Waals surface area contributed by atoms with Crippen LogP contribution in [0.2, 0.25) is 5.02 Å². The molecule has 1 aliphatic rings. The first-order valence-electron chi connectivity index (χ1n) is 6.39. The van der Waals surface area contributed by atoms with Gasteiger partial charge in [0.1, 0.15) is 0 Å². The van der Waals surface area contributed by atoms with Crippen molar-refractivity contribution in [1.82, 2.24) is 0 Å². The Morgan fingerprint density at radius 3 is 2.76 bits per heavy atom. The molecule has 2 aromatic carbocycles. The van der Waals surface area contributed by atoms with E-state index in [4.69, 9.17) is 21.1 Å². The Kier molecular flexibility index (Phi) is 4.24. The second-order valence-electron chi connectivity index (χ2n) is 4.62. The average Bonchev–Trinajstić information content (AvgIpc) is 2.95. The number of nitrogens with one attached hydrogen (secondary N) is 1. The molecule has 0 bridgehead atoms. The van der Waals surface area contributed by atoms with Crippen LogP contribution in [0.25, 0.3) is 0 Å². The number of anilines is 1. The Morgan fingerprint density at radius 2 is 2.00 bits per heavy atom. The molecule has 0 saturated heterocycles. The third-order valence-electron chi connectivity index (χ3n) is 3.24. The third-order valence-corrected chi connectivity index (χ3v) is 4.46. The van der Waals surface area contributed by atoms with Crippen LogP contribution >= 0.6 is 27.5 Å². The first-order chi connectivity index (χ1) is 10.2. The highest BCUT2D eigenvalue weighted by molar-refractivity contribution is 9.10. The van der Waals surface area contributed by atoms with Gasteiger partial charge in [0, 0.05) is 10.2 Å². The molecule has 1 unspecified atom stereocenters. The smallest absolute Gasteiger partial charge is 0.231 e. The Labute approximate surface area is 135 Å². The van der Waals surface area contributed by atoms with E-state index in [0.717, 1.165) is 21.5 Å². The van der Waals surface area contributed by atoms with Gasteiger partial charge in [-0.25, -0.2) is 0 Å². The van der Waals surface area contributed by atoms with E-state index in [1.807, 2.05) is 30.3 Å². The van der Waals surface area contributed by atoms with Crippen molar-refractivity contribution in [2.24, 2.45) is 0 Å². The fraction of sp³-hybridized carbons (Fsp3) is 0.200. The van der Waals surface area contributed by atoms with E-state index in [9.17, 15) is 5.11 Å². The van der Waals surface area contributed by atoms with E-state index in [-0.39, 0.29) is 19.4 Å².